The molecule has 0 saturated heterocycles. The van der Waals surface area contributed by atoms with Crippen molar-refractivity contribution >= 4 is 34.1 Å². The normalized spacial score (nSPS) is 16.8. The van der Waals surface area contributed by atoms with E-state index in [0.29, 0.717) is 35.1 Å². The molecule has 1 aromatic heterocycles. The fraction of sp³-hybridized carbons (Fsp3) is 0.625. The van der Waals surface area contributed by atoms with E-state index in [-0.39, 0.29) is 29.9 Å². The summed E-state index contributed by atoms with van der Waals surface area (Å²) in [6, 6.07) is 0. The van der Waals surface area contributed by atoms with Crippen molar-refractivity contribution in [2.45, 2.75) is 46.0 Å². The van der Waals surface area contributed by atoms with Gasteiger partial charge in [0.25, 0.3) is 0 Å². The molecule has 1 atom stereocenters. The van der Waals surface area contributed by atoms with E-state index in [4.69, 9.17) is 0 Å². The Morgan fingerprint density at radius 3 is 2.74 bits per heavy atom. The van der Waals surface area contributed by atoms with Crippen molar-refractivity contribution in [3.05, 3.63) is 10.6 Å². The summed E-state index contributed by atoms with van der Waals surface area (Å²) in [5, 5.41) is 3.13. The maximum absolute atomic E-state index is 12.5. The number of carbonyl (C=O) groups excluding carboxylic acids is 3. The molecule has 1 heterocycles. The second kappa shape index (κ2) is 7.68. The SMILES string of the molecule is CCCCN(C)C(=O)C1CC(=O)c2sc(NC(=O)CC)nc2C1. The Kier molecular flexibility index (Phi) is 5.87. The van der Waals surface area contributed by atoms with Gasteiger partial charge in [-0.3, -0.25) is 14.4 Å². The third-order valence-corrected chi connectivity index (χ3v) is 5.02. The standard InChI is InChI=1S/C16H23N3O3S/c1-4-6-7-19(3)15(22)10-8-11-14(12(20)9-10)23-16(17-11)18-13(21)5-2/h10H,4-9H2,1-3H3,(H,17,18,21). The average molecular weight is 337 g/mol. The molecule has 2 amide bonds. The Bertz CT molecular complexity index is 612. The van der Waals surface area contributed by atoms with Crippen LogP contribution in [0.25, 0.3) is 0 Å². The Balaban J connectivity index is 2.09. The van der Waals surface area contributed by atoms with E-state index in [1.54, 1.807) is 18.9 Å². The van der Waals surface area contributed by atoms with Gasteiger partial charge in [0.05, 0.1) is 16.5 Å². The summed E-state index contributed by atoms with van der Waals surface area (Å²) < 4.78 is 0. The van der Waals surface area contributed by atoms with Crippen molar-refractivity contribution in [1.82, 2.24) is 9.88 Å². The van der Waals surface area contributed by atoms with Crippen molar-refractivity contribution in [3.63, 3.8) is 0 Å². The number of fused-ring (bicyclic) bond motifs is 1. The van der Waals surface area contributed by atoms with Crippen molar-refractivity contribution in [2.24, 2.45) is 5.92 Å². The number of amides is 2. The summed E-state index contributed by atoms with van der Waals surface area (Å²) in [6.07, 6.45) is 3.04. The van der Waals surface area contributed by atoms with Crippen LogP contribution >= 0.6 is 11.3 Å². The summed E-state index contributed by atoms with van der Waals surface area (Å²) in [6.45, 7) is 4.55. The first kappa shape index (κ1) is 17.6. The van der Waals surface area contributed by atoms with Gasteiger partial charge in [-0.25, -0.2) is 4.98 Å². The number of thiazole rings is 1. The number of hydrogen-bond acceptors (Lipinski definition) is 5. The van der Waals surface area contributed by atoms with Gasteiger partial charge in [0, 0.05) is 32.9 Å². The molecule has 0 fully saturated rings. The molecule has 0 bridgehead atoms. The van der Waals surface area contributed by atoms with Crippen LogP contribution < -0.4 is 5.32 Å². The fourth-order valence-corrected chi connectivity index (χ4v) is 3.54. The molecule has 1 N–H and O–H groups in total. The highest BCUT2D eigenvalue weighted by atomic mass is 32.1. The highest BCUT2D eigenvalue weighted by Gasteiger charge is 2.34. The molecule has 2 rings (SSSR count). The van der Waals surface area contributed by atoms with Crippen LogP contribution in [-0.4, -0.2) is 41.1 Å². The predicted octanol–water partition coefficient (Wildman–Crippen LogP) is 2.50. The lowest BCUT2D eigenvalue weighted by Gasteiger charge is -2.25. The third kappa shape index (κ3) is 4.16. The third-order valence-electron chi connectivity index (χ3n) is 3.96. The maximum Gasteiger partial charge on any atom is 0.226 e. The molecule has 1 aliphatic rings. The number of aromatic nitrogens is 1. The first-order valence-corrected chi connectivity index (χ1v) is 8.85. The zero-order valence-electron chi connectivity index (χ0n) is 13.8. The van der Waals surface area contributed by atoms with Crippen LogP contribution in [0.2, 0.25) is 0 Å². The monoisotopic (exact) mass is 337 g/mol. The zero-order valence-corrected chi connectivity index (χ0v) is 14.7. The zero-order chi connectivity index (χ0) is 17.0. The van der Waals surface area contributed by atoms with Crippen LogP contribution in [0.5, 0.6) is 0 Å². The summed E-state index contributed by atoms with van der Waals surface area (Å²) >= 11 is 1.21. The molecule has 23 heavy (non-hydrogen) atoms. The van der Waals surface area contributed by atoms with Crippen LogP contribution in [0.15, 0.2) is 0 Å². The van der Waals surface area contributed by atoms with Gasteiger partial charge in [0.15, 0.2) is 10.9 Å². The van der Waals surface area contributed by atoms with Crippen LogP contribution in [0.3, 0.4) is 0 Å². The Morgan fingerprint density at radius 2 is 2.09 bits per heavy atom. The second-order valence-electron chi connectivity index (χ2n) is 5.84. The smallest absolute Gasteiger partial charge is 0.226 e. The molecule has 0 aromatic carbocycles. The minimum atomic E-state index is -0.339. The lowest BCUT2D eigenvalue weighted by Crippen LogP contribution is -2.37. The number of hydrogen-bond donors (Lipinski definition) is 1. The van der Waals surface area contributed by atoms with E-state index in [1.807, 2.05) is 0 Å². The van der Waals surface area contributed by atoms with Gasteiger partial charge in [-0.15, -0.1) is 0 Å². The van der Waals surface area contributed by atoms with Gasteiger partial charge >= 0.3 is 0 Å². The largest absolute Gasteiger partial charge is 0.346 e. The lowest BCUT2D eigenvalue weighted by molar-refractivity contribution is -0.134. The van der Waals surface area contributed by atoms with Crippen LogP contribution in [0.4, 0.5) is 5.13 Å². The summed E-state index contributed by atoms with van der Waals surface area (Å²) in [7, 11) is 1.78. The first-order chi connectivity index (χ1) is 11.0. The molecule has 0 aliphatic heterocycles. The van der Waals surface area contributed by atoms with Crippen molar-refractivity contribution in [3.8, 4) is 0 Å². The molecule has 1 unspecified atom stereocenters. The molecule has 0 spiro atoms. The fourth-order valence-electron chi connectivity index (χ4n) is 2.58. The number of nitrogens with one attached hydrogen (secondary N) is 1. The first-order valence-electron chi connectivity index (χ1n) is 8.03. The quantitative estimate of drug-likeness (QED) is 0.865. The number of ketones is 1. The molecule has 0 radical (unpaired) electrons. The number of nitrogens with zero attached hydrogens (tertiary/aromatic N) is 2. The van der Waals surface area contributed by atoms with Gasteiger partial charge < -0.3 is 10.2 Å². The molecular weight excluding hydrogens is 314 g/mol. The van der Waals surface area contributed by atoms with Crippen molar-refractivity contribution in [1.29, 1.82) is 0 Å². The number of Topliss-reactive ketones (excluding diaryl/α,β-unsaturated/α-hetero) is 1. The summed E-state index contributed by atoms with van der Waals surface area (Å²) in [5.41, 5.74) is 0.639. The van der Waals surface area contributed by atoms with Crippen LogP contribution in [-0.2, 0) is 16.0 Å². The van der Waals surface area contributed by atoms with Crippen molar-refractivity contribution in [2.75, 3.05) is 18.9 Å². The second-order valence-corrected chi connectivity index (χ2v) is 6.84. The number of anilines is 1. The van der Waals surface area contributed by atoms with E-state index in [1.165, 1.54) is 11.3 Å². The molecule has 126 valence electrons. The van der Waals surface area contributed by atoms with Gasteiger partial charge in [0.2, 0.25) is 11.8 Å². The summed E-state index contributed by atoms with van der Waals surface area (Å²) in [4.78, 5) is 42.8. The molecule has 6 nitrogen and oxygen atoms in total. The topological polar surface area (TPSA) is 79.4 Å². The maximum atomic E-state index is 12.5. The summed E-state index contributed by atoms with van der Waals surface area (Å²) in [5.74, 6) is -0.517. The number of carbonyl (C=O) groups is 3. The highest BCUT2D eigenvalue weighted by Crippen LogP contribution is 2.33. The predicted molar refractivity (Wildman–Crippen MR) is 89.7 cm³/mol. The van der Waals surface area contributed by atoms with Crippen LogP contribution in [0.1, 0.15) is 54.9 Å². The average Bonchev–Trinajstić information content (AvgIpc) is 2.94. The Labute approximate surface area is 140 Å². The van der Waals surface area contributed by atoms with Crippen LogP contribution in [0, 0.1) is 5.92 Å². The minimum absolute atomic E-state index is 0.00425. The number of unbranched alkanes of at least 4 members (excludes halogenated alkanes) is 1. The van der Waals surface area contributed by atoms with Gasteiger partial charge in [0.1, 0.15) is 0 Å². The number of rotatable bonds is 6. The van der Waals surface area contributed by atoms with E-state index in [9.17, 15) is 14.4 Å². The van der Waals surface area contributed by atoms with E-state index in [2.05, 4.69) is 17.2 Å². The highest BCUT2D eigenvalue weighted by molar-refractivity contribution is 7.17. The Morgan fingerprint density at radius 1 is 1.35 bits per heavy atom. The molecule has 7 heteroatoms. The van der Waals surface area contributed by atoms with E-state index >= 15 is 0 Å². The van der Waals surface area contributed by atoms with Gasteiger partial charge in [-0.2, -0.15) is 0 Å². The van der Waals surface area contributed by atoms with Gasteiger partial charge in [-0.05, 0) is 6.42 Å². The minimum Gasteiger partial charge on any atom is -0.346 e. The van der Waals surface area contributed by atoms with Gasteiger partial charge in [-0.1, -0.05) is 31.6 Å². The van der Waals surface area contributed by atoms with E-state index < -0.39 is 0 Å². The Hall–Kier alpha value is -1.76. The van der Waals surface area contributed by atoms with E-state index in [0.717, 1.165) is 12.8 Å². The van der Waals surface area contributed by atoms with Crippen molar-refractivity contribution < 1.29 is 14.4 Å². The molecule has 1 aromatic rings. The molecule has 0 saturated carbocycles. The molecular formula is C16H23N3O3S. The molecule has 1 aliphatic carbocycles. The lowest BCUT2D eigenvalue weighted by atomic mass is 9.89.